The van der Waals surface area contributed by atoms with E-state index in [1.165, 1.54) is 5.56 Å². The number of morpholine rings is 1. The normalized spacial score (nSPS) is 14.0. The van der Waals surface area contributed by atoms with Gasteiger partial charge in [-0.25, -0.2) is 9.59 Å². The summed E-state index contributed by atoms with van der Waals surface area (Å²) in [6.45, 7) is 16.5. The zero-order chi connectivity index (χ0) is 37.5. The van der Waals surface area contributed by atoms with Crippen LogP contribution in [0.2, 0.25) is 0 Å². The van der Waals surface area contributed by atoms with Crippen LogP contribution in [0.15, 0.2) is 78.9 Å². The van der Waals surface area contributed by atoms with Crippen LogP contribution in [-0.2, 0) is 15.7 Å². The van der Waals surface area contributed by atoms with Crippen LogP contribution < -0.4 is 4.90 Å². The quantitative estimate of drug-likeness (QED) is 0.114. The van der Waals surface area contributed by atoms with Crippen molar-refractivity contribution in [2.45, 2.75) is 66.8 Å². The number of aryl methyl sites for hydroxylation is 6. The van der Waals surface area contributed by atoms with Gasteiger partial charge in [0, 0.05) is 24.3 Å². The number of hydrogen-bond donors (Lipinski definition) is 0. The number of anilines is 1. The van der Waals surface area contributed by atoms with E-state index < -0.39 is 24.4 Å². The molecule has 1 atom stereocenters. The Bertz CT molecular complexity index is 1780. The van der Waals surface area contributed by atoms with Gasteiger partial charge in [0.25, 0.3) is 0 Å². The topological polar surface area (TPSA) is 84.0 Å². The number of carbonyl (C=O) groups excluding carboxylic acids is 3. The summed E-state index contributed by atoms with van der Waals surface area (Å²) in [5, 5.41) is 0. The first kappa shape index (κ1) is 39.5. The van der Waals surface area contributed by atoms with E-state index in [2.05, 4.69) is 41.0 Å². The number of carbonyl (C=O) groups is 3. The molecule has 0 N–H and O–H groups in total. The van der Waals surface area contributed by atoms with E-state index in [1.807, 2.05) is 110 Å². The molecule has 268 valence electrons. The maximum absolute atomic E-state index is 13.6. The second-order valence-electron chi connectivity index (χ2n) is 13.9. The Kier molecular flexibility index (Phi) is 13.4. The lowest BCUT2D eigenvalue weighted by Gasteiger charge is -2.38. The van der Waals surface area contributed by atoms with Crippen molar-refractivity contribution in [2.75, 3.05) is 45.3 Å². The smallest absolute Gasteiger partial charge is 0.378 e. The average molecular weight is 708 g/mol. The molecule has 5 rings (SSSR count). The summed E-state index contributed by atoms with van der Waals surface area (Å²) in [5.41, 5.74) is 7.32. The Morgan fingerprint density at radius 1 is 0.725 bits per heavy atom. The number of benzene rings is 4. The van der Waals surface area contributed by atoms with Gasteiger partial charge in [0.05, 0.1) is 29.9 Å². The van der Waals surface area contributed by atoms with Crippen molar-refractivity contribution in [3.05, 3.63) is 134 Å². The lowest BCUT2D eigenvalue weighted by molar-refractivity contribution is 0.0666. The Morgan fingerprint density at radius 3 is 1.59 bits per heavy atom. The molecule has 8 heteroatoms. The minimum atomic E-state index is -2.67. The standard InChI is InChI=1S/C23H30N2O2.C20H22O3P/c1-4-23(24(2)3,18-19-8-6-5-7-9-19)22(26)20-10-12-21(13-11-20)25-14-16-27-17-15-25;1-11-7-13(3)17(14(4)8-11)19(21)24(23)20(22)18-15(5)9-12(2)10-16(18)6/h5-13H,4,14-18H2,1-3H3;7-10H,1-6H3/q;+1. The molecule has 0 aliphatic carbocycles. The number of nitrogens with zero attached hydrogens (tertiary/aromatic N) is 2. The van der Waals surface area contributed by atoms with Crippen molar-refractivity contribution in [1.29, 1.82) is 0 Å². The fourth-order valence-electron chi connectivity index (χ4n) is 7.22. The summed E-state index contributed by atoms with van der Waals surface area (Å²) in [7, 11) is 1.35. The van der Waals surface area contributed by atoms with Gasteiger partial charge in [-0.05, 0) is 121 Å². The van der Waals surface area contributed by atoms with Crippen LogP contribution >= 0.6 is 7.80 Å². The van der Waals surface area contributed by atoms with Crippen molar-refractivity contribution >= 4 is 30.3 Å². The van der Waals surface area contributed by atoms with Crippen LogP contribution in [-0.4, -0.2) is 67.7 Å². The Balaban J connectivity index is 0.000000230. The van der Waals surface area contributed by atoms with E-state index >= 15 is 0 Å². The minimum Gasteiger partial charge on any atom is -0.378 e. The highest BCUT2D eigenvalue weighted by Gasteiger charge is 2.43. The Hall–Kier alpha value is -4.29. The molecule has 1 aliphatic heterocycles. The highest BCUT2D eigenvalue weighted by Crippen LogP contribution is 2.36. The molecule has 0 radical (unpaired) electrons. The summed E-state index contributed by atoms with van der Waals surface area (Å²) in [4.78, 5) is 43.3. The zero-order valence-electron chi connectivity index (χ0n) is 31.6. The summed E-state index contributed by atoms with van der Waals surface area (Å²) < 4.78 is 18.1. The van der Waals surface area contributed by atoms with Crippen LogP contribution in [0, 0.1) is 41.5 Å². The van der Waals surface area contributed by atoms with Gasteiger partial charge in [-0.15, -0.1) is 0 Å². The monoisotopic (exact) mass is 707 g/mol. The first-order chi connectivity index (χ1) is 24.2. The lowest BCUT2D eigenvalue weighted by atomic mass is 9.80. The van der Waals surface area contributed by atoms with E-state index in [0.717, 1.165) is 77.4 Å². The van der Waals surface area contributed by atoms with Crippen molar-refractivity contribution < 1.29 is 23.7 Å². The number of ketones is 1. The van der Waals surface area contributed by atoms with E-state index in [1.54, 1.807) is 0 Å². The van der Waals surface area contributed by atoms with Gasteiger partial charge in [0.2, 0.25) is 0 Å². The van der Waals surface area contributed by atoms with Gasteiger partial charge in [0.15, 0.2) is 5.78 Å². The predicted octanol–water partition coefficient (Wildman–Crippen LogP) is 9.00. The van der Waals surface area contributed by atoms with E-state index in [9.17, 15) is 18.9 Å². The van der Waals surface area contributed by atoms with Gasteiger partial charge < -0.3 is 9.64 Å². The summed E-state index contributed by atoms with van der Waals surface area (Å²) in [6, 6.07) is 25.9. The SMILES string of the molecule is CCC(Cc1ccccc1)(C(=O)c1ccc(N2CCOCC2)cc1)N(C)C.Cc1cc(C)c(C(=O)[P+](=O)C(=O)c2c(C)cc(C)cc2C)c(C)c1. The third-order valence-electron chi connectivity index (χ3n) is 9.86. The Morgan fingerprint density at radius 2 is 1.18 bits per heavy atom. The number of rotatable bonds is 11. The summed E-state index contributed by atoms with van der Waals surface area (Å²) in [5.74, 6) is 0.187. The van der Waals surface area contributed by atoms with Crippen LogP contribution in [0.4, 0.5) is 5.69 Å². The molecule has 0 spiro atoms. The molecule has 1 saturated heterocycles. The van der Waals surface area contributed by atoms with Crippen molar-refractivity contribution in [3.8, 4) is 0 Å². The molecule has 7 nitrogen and oxygen atoms in total. The molecule has 0 bridgehead atoms. The molecule has 4 aromatic rings. The molecule has 0 amide bonds. The van der Waals surface area contributed by atoms with Crippen molar-refractivity contribution in [3.63, 3.8) is 0 Å². The number of Topliss-reactive ketones (excluding diaryl/α,β-unsaturated/α-hetero) is 1. The molecular formula is C43H52N2O5P+. The van der Waals surface area contributed by atoms with Gasteiger partial charge in [-0.1, -0.05) is 77.2 Å². The maximum atomic E-state index is 13.6. The molecular weight excluding hydrogens is 655 g/mol. The van der Waals surface area contributed by atoms with Crippen LogP contribution in [0.25, 0.3) is 0 Å². The molecule has 1 aliphatic rings. The van der Waals surface area contributed by atoms with Gasteiger partial charge in [0.1, 0.15) is 0 Å². The van der Waals surface area contributed by atoms with Crippen LogP contribution in [0.5, 0.6) is 0 Å². The summed E-state index contributed by atoms with van der Waals surface area (Å²) in [6.07, 6.45) is 1.47. The molecule has 4 aromatic carbocycles. The molecule has 0 aromatic heterocycles. The maximum Gasteiger partial charge on any atom is 0.501 e. The number of likely N-dealkylation sites (N-methyl/N-ethyl adjacent to an activating group) is 1. The van der Waals surface area contributed by atoms with E-state index in [4.69, 9.17) is 4.74 Å². The van der Waals surface area contributed by atoms with Crippen LogP contribution in [0.3, 0.4) is 0 Å². The highest BCUT2D eigenvalue weighted by atomic mass is 31.1. The zero-order valence-corrected chi connectivity index (χ0v) is 32.5. The van der Waals surface area contributed by atoms with Gasteiger partial charge in [-0.3, -0.25) is 9.69 Å². The summed E-state index contributed by atoms with van der Waals surface area (Å²) >= 11 is 0. The second-order valence-corrected chi connectivity index (χ2v) is 15.3. The number of hydrogen-bond acceptors (Lipinski definition) is 7. The molecule has 1 heterocycles. The van der Waals surface area contributed by atoms with E-state index in [-0.39, 0.29) is 5.78 Å². The average Bonchev–Trinajstić information content (AvgIpc) is 3.10. The number of ether oxygens (including phenoxy) is 1. The van der Waals surface area contributed by atoms with Gasteiger partial charge in [-0.2, -0.15) is 0 Å². The first-order valence-electron chi connectivity index (χ1n) is 17.6. The third kappa shape index (κ3) is 9.15. The highest BCUT2D eigenvalue weighted by molar-refractivity contribution is 7.80. The minimum absolute atomic E-state index is 0.187. The van der Waals surface area contributed by atoms with E-state index in [0.29, 0.717) is 17.5 Å². The fraction of sp³-hybridized carbons (Fsp3) is 0.372. The first-order valence-corrected chi connectivity index (χ1v) is 18.9. The fourth-order valence-corrected chi connectivity index (χ4v) is 8.52. The van der Waals surface area contributed by atoms with Crippen LogP contribution in [0.1, 0.15) is 83.4 Å². The largest absolute Gasteiger partial charge is 0.501 e. The van der Waals surface area contributed by atoms with Crippen molar-refractivity contribution in [1.82, 2.24) is 4.90 Å². The Labute approximate surface area is 304 Å². The molecule has 0 saturated carbocycles. The predicted molar refractivity (Wildman–Crippen MR) is 208 cm³/mol. The van der Waals surface area contributed by atoms with Crippen molar-refractivity contribution in [2.24, 2.45) is 0 Å². The third-order valence-corrected chi connectivity index (χ3v) is 11.0. The molecule has 1 unspecified atom stereocenters. The second kappa shape index (κ2) is 17.3. The van der Waals surface area contributed by atoms with Gasteiger partial charge >= 0.3 is 18.8 Å². The molecule has 51 heavy (non-hydrogen) atoms. The lowest BCUT2D eigenvalue weighted by Crippen LogP contribution is -2.52. The molecule has 1 fully saturated rings.